The molecule has 0 spiro atoms. The molecule has 4 aromatic carbocycles. The van der Waals surface area contributed by atoms with Crippen LogP contribution in [0.4, 0.5) is 11.4 Å². The predicted octanol–water partition coefficient (Wildman–Crippen LogP) is 5.35. The lowest BCUT2D eigenvalue weighted by atomic mass is 10.0. The summed E-state index contributed by atoms with van der Waals surface area (Å²) in [5.74, 6) is 0. The molecule has 8 nitrogen and oxygen atoms in total. The molecular weight excluding hydrogens is 524 g/mol. The van der Waals surface area contributed by atoms with Crippen molar-refractivity contribution in [3.63, 3.8) is 0 Å². The highest BCUT2D eigenvalue weighted by Gasteiger charge is 2.15. The largest absolute Gasteiger partial charge is 0.399 e. The SMILES string of the molecule is Nc1ccc(C=Cc2ccc(-c3ccc(C=Cc4ccc(N)cc4S(=O)(=O)O)cc3)cc2)c(S(=O)(=O)O)c1. The molecule has 0 fully saturated rings. The van der Waals surface area contributed by atoms with Crippen LogP contribution in [0.1, 0.15) is 22.3 Å². The fourth-order valence-electron chi connectivity index (χ4n) is 3.77. The van der Waals surface area contributed by atoms with Gasteiger partial charge in [0.05, 0.1) is 0 Å². The van der Waals surface area contributed by atoms with Crippen LogP contribution in [0.25, 0.3) is 35.4 Å². The first-order valence-electron chi connectivity index (χ1n) is 11.2. The standard InChI is InChI=1S/C28H24N2O6S2/c29-25-15-13-23(27(17-25)37(31,32)33)11-5-19-1-7-21(8-2-19)22-9-3-20(4-10-22)6-12-24-14-16-26(30)18-28(24)38(34,35)36/h1-18H,29-30H2,(H,31,32,33)(H,34,35,36). The molecule has 10 heteroatoms. The van der Waals surface area contributed by atoms with Gasteiger partial charge in [-0.1, -0.05) is 85.0 Å². The Hall–Kier alpha value is -4.22. The molecule has 0 atom stereocenters. The van der Waals surface area contributed by atoms with E-state index in [1.165, 1.54) is 24.3 Å². The van der Waals surface area contributed by atoms with Crippen LogP contribution in [0.5, 0.6) is 0 Å². The van der Waals surface area contributed by atoms with E-state index in [1.54, 1.807) is 36.4 Å². The predicted molar refractivity (Wildman–Crippen MR) is 151 cm³/mol. The number of anilines is 2. The van der Waals surface area contributed by atoms with Crippen molar-refractivity contribution in [2.75, 3.05) is 11.5 Å². The van der Waals surface area contributed by atoms with Gasteiger partial charge < -0.3 is 11.5 Å². The van der Waals surface area contributed by atoms with Crippen LogP contribution < -0.4 is 11.5 Å². The zero-order chi connectivity index (χ0) is 27.5. The number of rotatable bonds is 7. The summed E-state index contributed by atoms with van der Waals surface area (Å²) in [5.41, 5.74) is 15.9. The molecule has 4 aromatic rings. The third kappa shape index (κ3) is 6.55. The average molecular weight is 549 g/mol. The van der Waals surface area contributed by atoms with E-state index in [9.17, 15) is 25.9 Å². The van der Waals surface area contributed by atoms with E-state index in [0.29, 0.717) is 11.1 Å². The molecule has 0 saturated heterocycles. The number of nitrogen functional groups attached to an aromatic ring is 2. The van der Waals surface area contributed by atoms with E-state index in [-0.39, 0.29) is 21.2 Å². The third-order valence-corrected chi connectivity index (χ3v) is 7.52. The van der Waals surface area contributed by atoms with Crippen LogP contribution in [-0.4, -0.2) is 25.9 Å². The van der Waals surface area contributed by atoms with Crippen molar-refractivity contribution < 1.29 is 25.9 Å². The average Bonchev–Trinajstić information content (AvgIpc) is 2.87. The first-order chi connectivity index (χ1) is 17.9. The fraction of sp³-hybridized carbons (Fsp3) is 0. The van der Waals surface area contributed by atoms with Crippen molar-refractivity contribution in [3.05, 3.63) is 107 Å². The minimum absolute atomic E-state index is 0.230. The third-order valence-electron chi connectivity index (χ3n) is 5.70. The van der Waals surface area contributed by atoms with Gasteiger partial charge >= 0.3 is 0 Å². The summed E-state index contributed by atoms with van der Waals surface area (Å²) in [4.78, 5) is -0.518. The summed E-state index contributed by atoms with van der Waals surface area (Å²) in [5, 5.41) is 0. The van der Waals surface area contributed by atoms with Crippen LogP contribution >= 0.6 is 0 Å². The monoisotopic (exact) mass is 548 g/mol. The summed E-state index contributed by atoms with van der Waals surface area (Å²) in [6.07, 6.45) is 6.65. The van der Waals surface area contributed by atoms with Crippen LogP contribution in [-0.2, 0) is 20.2 Å². The summed E-state index contributed by atoms with van der Waals surface area (Å²) in [6, 6.07) is 23.8. The molecule has 38 heavy (non-hydrogen) atoms. The second-order valence-electron chi connectivity index (χ2n) is 8.46. The zero-order valence-electron chi connectivity index (χ0n) is 19.9. The summed E-state index contributed by atoms with van der Waals surface area (Å²) >= 11 is 0. The van der Waals surface area contributed by atoms with Gasteiger partial charge in [0.15, 0.2) is 0 Å². The molecule has 194 valence electrons. The molecule has 0 aromatic heterocycles. The van der Waals surface area contributed by atoms with Gasteiger partial charge in [0.25, 0.3) is 20.2 Å². The fourth-order valence-corrected chi connectivity index (χ4v) is 5.21. The minimum Gasteiger partial charge on any atom is -0.399 e. The lowest BCUT2D eigenvalue weighted by Crippen LogP contribution is -2.02. The number of hydrogen-bond donors (Lipinski definition) is 4. The van der Waals surface area contributed by atoms with Crippen LogP contribution in [0.3, 0.4) is 0 Å². The summed E-state index contributed by atoms with van der Waals surface area (Å²) in [7, 11) is -8.83. The molecule has 0 amide bonds. The first kappa shape index (κ1) is 26.8. The molecule has 0 unspecified atom stereocenters. The van der Waals surface area contributed by atoms with Crippen LogP contribution in [0.15, 0.2) is 94.7 Å². The van der Waals surface area contributed by atoms with Crippen molar-refractivity contribution in [2.45, 2.75) is 9.79 Å². The quantitative estimate of drug-likeness (QED) is 0.136. The van der Waals surface area contributed by atoms with Crippen molar-refractivity contribution in [1.29, 1.82) is 0 Å². The van der Waals surface area contributed by atoms with Gasteiger partial charge in [-0.25, -0.2) is 0 Å². The van der Waals surface area contributed by atoms with E-state index < -0.39 is 20.2 Å². The molecule has 0 radical (unpaired) electrons. The van der Waals surface area contributed by atoms with Crippen molar-refractivity contribution >= 4 is 55.9 Å². The Kier molecular flexibility index (Phi) is 7.51. The van der Waals surface area contributed by atoms with Gasteiger partial charge in [-0.3, -0.25) is 9.11 Å². The highest BCUT2D eigenvalue weighted by Crippen LogP contribution is 2.25. The summed E-state index contributed by atoms with van der Waals surface area (Å²) in [6.45, 7) is 0. The topological polar surface area (TPSA) is 161 Å². The van der Waals surface area contributed by atoms with E-state index >= 15 is 0 Å². The molecule has 0 bridgehead atoms. The summed E-state index contributed by atoms with van der Waals surface area (Å²) < 4.78 is 65.5. The first-order valence-corrected chi connectivity index (χ1v) is 14.1. The number of hydrogen-bond acceptors (Lipinski definition) is 6. The molecule has 0 aliphatic heterocycles. The van der Waals surface area contributed by atoms with Gasteiger partial charge in [-0.2, -0.15) is 16.8 Å². The van der Waals surface area contributed by atoms with Gasteiger partial charge in [-0.15, -0.1) is 0 Å². The number of benzene rings is 4. The van der Waals surface area contributed by atoms with Crippen molar-refractivity contribution in [1.82, 2.24) is 0 Å². The smallest absolute Gasteiger partial charge is 0.295 e. The zero-order valence-corrected chi connectivity index (χ0v) is 21.5. The van der Waals surface area contributed by atoms with E-state index in [2.05, 4.69) is 0 Å². The Bertz CT molecular complexity index is 1630. The maximum absolute atomic E-state index is 11.6. The second-order valence-corrected chi connectivity index (χ2v) is 11.2. The molecule has 6 N–H and O–H groups in total. The molecule has 0 aliphatic rings. The minimum atomic E-state index is -4.42. The van der Waals surface area contributed by atoms with Crippen molar-refractivity contribution in [3.8, 4) is 11.1 Å². The molecule has 0 aliphatic carbocycles. The molecule has 4 rings (SSSR count). The van der Waals surface area contributed by atoms with Crippen molar-refractivity contribution in [2.24, 2.45) is 0 Å². The highest BCUT2D eigenvalue weighted by molar-refractivity contribution is 7.86. The molecule has 0 heterocycles. The van der Waals surface area contributed by atoms with Gasteiger partial charge in [0.2, 0.25) is 0 Å². The Labute approximate surface area is 221 Å². The van der Waals surface area contributed by atoms with Gasteiger partial charge in [0, 0.05) is 11.4 Å². The lowest BCUT2D eigenvalue weighted by molar-refractivity contribution is 0.481. The lowest BCUT2D eigenvalue weighted by Gasteiger charge is -2.06. The maximum Gasteiger partial charge on any atom is 0.295 e. The van der Waals surface area contributed by atoms with E-state index in [0.717, 1.165) is 22.3 Å². The molecule has 0 saturated carbocycles. The van der Waals surface area contributed by atoms with Crippen LogP contribution in [0, 0.1) is 0 Å². The Morgan fingerprint density at radius 3 is 1.16 bits per heavy atom. The Morgan fingerprint density at radius 1 is 0.500 bits per heavy atom. The van der Waals surface area contributed by atoms with Gasteiger partial charge in [0.1, 0.15) is 9.79 Å². The van der Waals surface area contributed by atoms with Gasteiger partial charge in [-0.05, 0) is 57.6 Å². The van der Waals surface area contributed by atoms with Crippen LogP contribution in [0.2, 0.25) is 0 Å². The van der Waals surface area contributed by atoms with E-state index in [4.69, 9.17) is 11.5 Å². The maximum atomic E-state index is 11.6. The Morgan fingerprint density at radius 2 is 0.842 bits per heavy atom. The van der Waals surface area contributed by atoms with E-state index in [1.807, 2.05) is 48.5 Å². The normalized spacial score (nSPS) is 12.4. The Balaban J connectivity index is 1.50. The number of nitrogens with two attached hydrogens (primary N) is 2. The highest BCUT2D eigenvalue weighted by atomic mass is 32.2. The second kappa shape index (κ2) is 10.6. The molecular formula is C28H24N2O6S2.